The van der Waals surface area contributed by atoms with Crippen LogP contribution in [0.15, 0.2) is 24.3 Å². The lowest BCUT2D eigenvalue weighted by Crippen LogP contribution is -2.45. The van der Waals surface area contributed by atoms with Crippen LogP contribution in [0.1, 0.15) is 239 Å². The fourth-order valence-corrected chi connectivity index (χ4v) is 8.13. The lowest BCUT2D eigenvalue weighted by atomic mass is 10.0. The lowest BCUT2D eigenvalue weighted by molar-refractivity contribution is -0.870. The number of hydrogen-bond donors (Lipinski definition) is 2. The van der Waals surface area contributed by atoms with Crippen molar-refractivity contribution in [2.75, 3.05) is 40.9 Å². The minimum atomic E-state index is -4.59. The van der Waals surface area contributed by atoms with Crippen LogP contribution in [-0.4, -0.2) is 68.5 Å². The Morgan fingerprint density at radius 3 is 1.37 bits per heavy atom. The number of phosphoric acid groups is 1. The Kier molecular flexibility index (Phi) is 41.6. The third-order valence-corrected chi connectivity index (χ3v) is 12.4. The van der Waals surface area contributed by atoms with Crippen LogP contribution in [-0.2, 0) is 18.4 Å². The van der Waals surface area contributed by atoms with Crippen molar-refractivity contribution in [2.24, 2.45) is 0 Å². The maximum atomic E-state index is 12.8. The molecule has 3 unspecified atom stereocenters. The second-order valence-corrected chi connectivity index (χ2v) is 19.9. The fraction of sp³-hybridized carbons (Fsp3) is 0.900. The molecule has 0 bridgehead atoms. The summed E-state index contributed by atoms with van der Waals surface area (Å²) in [5.74, 6) is -0.206. The zero-order valence-corrected chi connectivity index (χ0v) is 40.6. The number of amides is 1. The zero-order chi connectivity index (χ0) is 43.6. The molecule has 0 saturated heterocycles. The average molecular weight is 855 g/mol. The van der Waals surface area contributed by atoms with Gasteiger partial charge in [-0.3, -0.25) is 9.36 Å². The number of quaternary nitrogens is 1. The van der Waals surface area contributed by atoms with Crippen molar-refractivity contribution in [3.05, 3.63) is 24.3 Å². The summed E-state index contributed by atoms with van der Waals surface area (Å²) in [6.45, 7) is 4.59. The number of aliphatic hydroxyl groups is 1. The third kappa shape index (κ3) is 44.8. The zero-order valence-electron chi connectivity index (χ0n) is 39.7. The molecule has 0 aromatic rings. The van der Waals surface area contributed by atoms with E-state index in [0.29, 0.717) is 17.4 Å². The number of allylic oxidation sites excluding steroid dienone is 3. The minimum absolute atomic E-state index is 0.00459. The van der Waals surface area contributed by atoms with E-state index in [0.717, 1.165) is 38.5 Å². The first-order chi connectivity index (χ1) is 28.5. The highest BCUT2D eigenvalue weighted by atomic mass is 31.2. The van der Waals surface area contributed by atoms with Crippen molar-refractivity contribution in [2.45, 2.75) is 251 Å². The molecule has 59 heavy (non-hydrogen) atoms. The SMILES string of the molecule is CCCCC/C=C/CC/C=C/C(O)C(COP(=O)([O-])OCC[N+](C)(C)C)NC(=O)CCCCCCCCCCCCCCCCCCCCCCCCCCCCCC. The molecule has 0 aliphatic carbocycles. The first-order valence-corrected chi connectivity index (χ1v) is 26.7. The number of nitrogens with one attached hydrogen (secondary N) is 1. The van der Waals surface area contributed by atoms with Crippen molar-refractivity contribution in [3.63, 3.8) is 0 Å². The van der Waals surface area contributed by atoms with Gasteiger partial charge in [-0.25, -0.2) is 0 Å². The van der Waals surface area contributed by atoms with E-state index in [1.54, 1.807) is 6.08 Å². The van der Waals surface area contributed by atoms with Gasteiger partial charge in [0.2, 0.25) is 5.91 Å². The van der Waals surface area contributed by atoms with Gasteiger partial charge >= 0.3 is 0 Å². The summed E-state index contributed by atoms with van der Waals surface area (Å²) in [5.41, 5.74) is 0. The number of unbranched alkanes of at least 4 members (excludes halogenated alkanes) is 31. The van der Waals surface area contributed by atoms with Crippen molar-refractivity contribution in [1.29, 1.82) is 0 Å². The molecule has 0 fully saturated rings. The molecule has 0 spiro atoms. The molecule has 0 rings (SSSR count). The maximum absolute atomic E-state index is 12.8. The smallest absolute Gasteiger partial charge is 0.268 e. The van der Waals surface area contributed by atoms with Crippen molar-refractivity contribution < 1.29 is 32.9 Å². The fourth-order valence-electron chi connectivity index (χ4n) is 7.41. The Bertz CT molecular complexity index is 1020. The first-order valence-electron chi connectivity index (χ1n) is 25.2. The second kappa shape index (κ2) is 42.3. The molecular weight excluding hydrogens is 756 g/mol. The van der Waals surface area contributed by atoms with Gasteiger partial charge in [0.25, 0.3) is 7.82 Å². The Hall–Kier alpha value is -1.02. The molecule has 0 saturated carbocycles. The van der Waals surface area contributed by atoms with E-state index < -0.39 is 20.0 Å². The maximum Gasteiger partial charge on any atom is 0.268 e. The minimum Gasteiger partial charge on any atom is -0.756 e. The van der Waals surface area contributed by atoms with Crippen molar-refractivity contribution in [3.8, 4) is 0 Å². The molecule has 3 atom stereocenters. The number of carbonyl (C=O) groups excluding carboxylic acids is 1. The molecule has 2 N–H and O–H groups in total. The van der Waals surface area contributed by atoms with Gasteiger partial charge in [0, 0.05) is 6.42 Å². The van der Waals surface area contributed by atoms with Crippen LogP contribution in [0, 0.1) is 0 Å². The van der Waals surface area contributed by atoms with Gasteiger partial charge in [-0.1, -0.05) is 224 Å². The van der Waals surface area contributed by atoms with Gasteiger partial charge in [-0.05, 0) is 32.1 Å². The van der Waals surface area contributed by atoms with Gasteiger partial charge in [-0.2, -0.15) is 0 Å². The highest BCUT2D eigenvalue weighted by Crippen LogP contribution is 2.38. The third-order valence-electron chi connectivity index (χ3n) is 11.4. The van der Waals surface area contributed by atoms with Crippen molar-refractivity contribution in [1.82, 2.24) is 5.32 Å². The number of aliphatic hydroxyl groups excluding tert-OH is 1. The molecule has 8 nitrogen and oxygen atoms in total. The van der Waals surface area contributed by atoms with Gasteiger partial charge in [0.15, 0.2) is 0 Å². The van der Waals surface area contributed by atoms with Crippen LogP contribution in [0.3, 0.4) is 0 Å². The summed E-state index contributed by atoms with van der Waals surface area (Å²) < 4.78 is 23.1. The summed E-state index contributed by atoms with van der Waals surface area (Å²) in [6.07, 6.45) is 51.3. The van der Waals surface area contributed by atoms with Crippen LogP contribution >= 0.6 is 7.82 Å². The Labute approximate surface area is 366 Å². The van der Waals surface area contributed by atoms with E-state index >= 15 is 0 Å². The molecule has 0 aliphatic rings. The van der Waals surface area contributed by atoms with Crippen LogP contribution < -0.4 is 10.2 Å². The quantitative estimate of drug-likeness (QED) is 0.0273. The summed E-state index contributed by atoms with van der Waals surface area (Å²) in [6, 6.07) is -0.897. The van der Waals surface area contributed by atoms with E-state index in [4.69, 9.17) is 9.05 Å². The van der Waals surface area contributed by atoms with Gasteiger partial charge in [0.1, 0.15) is 13.2 Å². The van der Waals surface area contributed by atoms with Gasteiger partial charge in [-0.15, -0.1) is 0 Å². The normalized spacial score (nSPS) is 14.4. The molecule has 1 amide bonds. The summed E-state index contributed by atoms with van der Waals surface area (Å²) in [4.78, 5) is 25.3. The number of phosphoric ester groups is 1. The van der Waals surface area contributed by atoms with Gasteiger partial charge in [0.05, 0.1) is 39.9 Å². The standard InChI is InChI=1S/C50H99N2O6P/c1-6-8-10-12-14-16-17-18-19-20-21-22-23-24-25-26-27-28-29-30-31-32-33-34-36-38-40-42-44-50(54)51-48(47-58-59(55,56)57-46-45-52(3,4)5)49(53)43-41-39-37-35-15-13-11-9-7-2/h15,35,41,43,48-49,53H,6-14,16-34,36-40,42,44-47H2,1-5H3,(H-,51,54,55,56)/b35-15+,43-41+. The van der Waals surface area contributed by atoms with E-state index in [9.17, 15) is 19.4 Å². The Morgan fingerprint density at radius 2 is 0.949 bits per heavy atom. The first kappa shape index (κ1) is 58.0. The Balaban J connectivity index is 4.01. The van der Waals surface area contributed by atoms with Crippen molar-refractivity contribution >= 4 is 13.7 Å². The molecule has 9 heteroatoms. The predicted octanol–water partition coefficient (Wildman–Crippen LogP) is 13.8. The Morgan fingerprint density at radius 1 is 0.576 bits per heavy atom. The number of hydrogen-bond acceptors (Lipinski definition) is 6. The molecule has 350 valence electrons. The van der Waals surface area contributed by atoms with Gasteiger partial charge < -0.3 is 28.8 Å². The predicted molar refractivity (Wildman–Crippen MR) is 252 cm³/mol. The molecular formula is C50H99N2O6P. The van der Waals surface area contributed by atoms with Crippen LogP contribution in [0.25, 0.3) is 0 Å². The van der Waals surface area contributed by atoms with Crippen LogP contribution in [0.2, 0.25) is 0 Å². The number of rotatable bonds is 46. The monoisotopic (exact) mass is 855 g/mol. The summed E-state index contributed by atoms with van der Waals surface area (Å²) >= 11 is 0. The second-order valence-electron chi connectivity index (χ2n) is 18.5. The molecule has 0 aromatic carbocycles. The topological polar surface area (TPSA) is 108 Å². The summed E-state index contributed by atoms with van der Waals surface area (Å²) in [7, 11) is 1.25. The number of likely N-dealkylation sites (N-methyl/N-ethyl adjacent to an activating group) is 1. The number of carbonyl (C=O) groups is 1. The number of nitrogens with zero attached hydrogens (tertiary/aromatic N) is 1. The summed E-state index contributed by atoms with van der Waals surface area (Å²) in [5, 5.41) is 13.7. The lowest BCUT2D eigenvalue weighted by Gasteiger charge is -2.29. The molecule has 0 heterocycles. The van der Waals surface area contributed by atoms with Crippen LogP contribution in [0.5, 0.6) is 0 Å². The van der Waals surface area contributed by atoms with E-state index in [-0.39, 0.29) is 19.1 Å². The average Bonchev–Trinajstić information content (AvgIpc) is 3.19. The van der Waals surface area contributed by atoms with E-state index in [1.165, 1.54) is 180 Å². The highest BCUT2D eigenvalue weighted by molar-refractivity contribution is 7.45. The molecule has 0 radical (unpaired) electrons. The van der Waals surface area contributed by atoms with E-state index in [1.807, 2.05) is 27.2 Å². The van der Waals surface area contributed by atoms with E-state index in [2.05, 4.69) is 31.3 Å². The molecule has 0 aliphatic heterocycles. The highest BCUT2D eigenvalue weighted by Gasteiger charge is 2.23. The molecule has 0 aromatic heterocycles. The van der Waals surface area contributed by atoms with Crippen LogP contribution in [0.4, 0.5) is 0 Å². The largest absolute Gasteiger partial charge is 0.756 e.